The molecular weight excluding hydrogens is 230 g/mol. The molecule has 0 saturated heterocycles. The highest BCUT2D eigenvalue weighted by Crippen LogP contribution is 2.30. The highest BCUT2D eigenvalue weighted by molar-refractivity contribution is 6.15. The number of carbonyl (C=O) groups is 1. The van der Waals surface area contributed by atoms with E-state index in [1.165, 1.54) is 12.1 Å². The van der Waals surface area contributed by atoms with E-state index >= 15 is 0 Å². The third-order valence-electron chi connectivity index (χ3n) is 2.95. The maximum atomic E-state index is 11.9. The van der Waals surface area contributed by atoms with Gasteiger partial charge in [-0.2, -0.15) is 0 Å². The summed E-state index contributed by atoms with van der Waals surface area (Å²) >= 11 is 0. The molecule has 1 heterocycles. The van der Waals surface area contributed by atoms with Gasteiger partial charge < -0.3 is 10.2 Å². The summed E-state index contributed by atoms with van der Waals surface area (Å²) < 4.78 is 0. The number of Topliss-reactive ketones (excluding diaryl/α,β-unsaturated/α-hetero) is 1. The minimum absolute atomic E-state index is 0.0263. The van der Waals surface area contributed by atoms with Crippen molar-refractivity contribution in [2.45, 2.75) is 38.7 Å². The lowest BCUT2D eigenvalue weighted by Gasteiger charge is -2.19. The van der Waals surface area contributed by atoms with Crippen LogP contribution in [0.1, 0.15) is 43.5 Å². The quantitative estimate of drug-likeness (QED) is 0.862. The zero-order chi connectivity index (χ0) is 13.3. The van der Waals surface area contributed by atoms with Crippen molar-refractivity contribution < 1.29 is 15.0 Å². The number of rotatable bonds is 3. The van der Waals surface area contributed by atoms with Crippen LogP contribution in [0, 0.1) is 0 Å². The van der Waals surface area contributed by atoms with Crippen molar-refractivity contribution in [2.24, 2.45) is 4.99 Å². The lowest BCUT2D eigenvalue weighted by Crippen LogP contribution is -2.21. The zero-order valence-corrected chi connectivity index (χ0v) is 10.6. The van der Waals surface area contributed by atoms with Crippen LogP contribution in [0.5, 0.6) is 5.75 Å². The molecule has 2 rings (SSSR count). The van der Waals surface area contributed by atoms with Crippen molar-refractivity contribution in [2.75, 3.05) is 0 Å². The summed E-state index contributed by atoms with van der Waals surface area (Å²) in [5, 5.41) is 19.0. The van der Waals surface area contributed by atoms with E-state index in [0.29, 0.717) is 24.1 Å². The molecule has 96 valence electrons. The molecule has 1 aliphatic heterocycles. The first-order valence-electron chi connectivity index (χ1n) is 6.00. The second-order valence-corrected chi connectivity index (χ2v) is 5.29. The Kier molecular flexibility index (Phi) is 3.22. The van der Waals surface area contributed by atoms with Gasteiger partial charge in [0.2, 0.25) is 0 Å². The molecule has 1 aliphatic rings. The number of fused-ring (bicyclic) bond motifs is 1. The van der Waals surface area contributed by atoms with Gasteiger partial charge in [0.25, 0.3) is 0 Å². The van der Waals surface area contributed by atoms with Crippen LogP contribution < -0.4 is 0 Å². The standard InChI is InChI=1S/C14H17NO3/c1-14(2,18)6-5-9-7-13(17)11-8-10(16)3-4-12(11)15-9/h3-4,8,16,18H,5-7H2,1-2H3. The summed E-state index contributed by atoms with van der Waals surface area (Å²) in [6.07, 6.45) is 1.45. The van der Waals surface area contributed by atoms with Gasteiger partial charge >= 0.3 is 0 Å². The first kappa shape index (κ1) is 12.8. The van der Waals surface area contributed by atoms with E-state index in [1.54, 1.807) is 19.9 Å². The number of benzene rings is 1. The van der Waals surface area contributed by atoms with Crippen LogP contribution in [0.15, 0.2) is 23.2 Å². The van der Waals surface area contributed by atoms with Crippen molar-refractivity contribution in [3.63, 3.8) is 0 Å². The van der Waals surface area contributed by atoms with E-state index in [1.807, 2.05) is 0 Å². The van der Waals surface area contributed by atoms with Crippen molar-refractivity contribution >= 4 is 17.2 Å². The summed E-state index contributed by atoms with van der Waals surface area (Å²) in [6.45, 7) is 3.48. The van der Waals surface area contributed by atoms with Crippen molar-refractivity contribution in [3.05, 3.63) is 23.8 Å². The van der Waals surface area contributed by atoms with Gasteiger partial charge in [0, 0.05) is 17.7 Å². The van der Waals surface area contributed by atoms with Crippen molar-refractivity contribution in [1.82, 2.24) is 0 Å². The van der Waals surface area contributed by atoms with Gasteiger partial charge in [-0.05, 0) is 44.9 Å². The highest BCUT2D eigenvalue weighted by atomic mass is 16.3. The van der Waals surface area contributed by atoms with E-state index in [-0.39, 0.29) is 18.0 Å². The SMILES string of the molecule is CC(C)(O)CCC1=Nc2ccc(O)cc2C(=O)C1. The Labute approximate surface area is 106 Å². The molecule has 0 spiro atoms. The molecule has 0 bridgehead atoms. The third kappa shape index (κ3) is 2.96. The molecule has 2 N–H and O–H groups in total. The number of nitrogens with zero attached hydrogens (tertiary/aromatic N) is 1. The molecule has 4 nitrogen and oxygen atoms in total. The maximum Gasteiger partial charge on any atom is 0.170 e. The monoisotopic (exact) mass is 247 g/mol. The molecule has 18 heavy (non-hydrogen) atoms. The normalized spacial score (nSPS) is 15.3. The average molecular weight is 247 g/mol. The third-order valence-corrected chi connectivity index (χ3v) is 2.95. The molecule has 0 unspecified atom stereocenters. The Hall–Kier alpha value is -1.68. The fourth-order valence-corrected chi connectivity index (χ4v) is 1.93. The summed E-state index contributed by atoms with van der Waals surface area (Å²) in [5.41, 5.74) is 1.12. The van der Waals surface area contributed by atoms with E-state index in [0.717, 1.165) is 5.71 Å². The van der Waals surface area contributed by atoms with Crippen LogP contribution in [0.2, 0.25) is 0 Å². The van der Waals surface area contributed by atoms with Gasteiger partial charge in [0.05, 0.1) is 11.3 Å². The van der Waals surface area contributed by atoms with Crippen LogP contribution >= 0.6 is 0 Å². The lowest BCUT2D eigenvalue weighted by molar-refractivity contribution is 0.0729. The van der Waals surface area contributed by atoms with Crippen molar-refractivity contribution in [1.29, 1.82) is 0 Å². The molecular formula is C14H17NO3. The summed E-state index contributed by atoms with van der Waals surface area (Å²) in [7, 11) is 0. The molecule has 1 aromatic carbocycles. The Morgan fingerprint density at radius 3 is 2.78 bits per heavy atom. The fourth-order valence-electron chi connectivity index (χ4n) is 1.93. The molecule has 0 saturated carbocycles. The number of aromatic hydroxyl groups is 1. The van der Waals surface area contributed by atoms with E-state index in [9.17, 15) is 15.0 Å². The highest BCUT2D eigenvalue weighted by Gasteiger charge is 2.22. The predicted octanol–water partition coefficient (Wildman–Crippen LogP) is 2.60. The summed E-state index contributed by atoms with van der Waals surface area (Å²) in [6, 6.07) is 4.62. The Morgan fingerprint density at radius 1 is 1.39 bits per heavy atom. The van der Waals surface area contributed by atoms with Gasteiger partial charge in [-0.15, -0.1) is 0 Å². The smallest absolute Gasteiger partial charge is 0.170 e. The number of hydrogen-bond donors (Lipinski definition) is 2. The second-order valence-electron chi connectivity index (χ2n) is 5.29. The summed E-state index contributed by atoms with van der Waals surface area (Å²) in [4.78, 5) is 16.3. The fraction of sp³-hybridized carbons (Fsp3) is 0.429. The molecule has 0 fully saturated rings. The number of hydrogen-bond acceptors (Lipinski definition) is 4. The Morgan fingerprint density at radius 2 is 2.11 bits per heavy atom. The molecule has 0 aromatic heterocycles. The molecule has 4 heteroatoms. The molecule has 0 aliphatic carbocycles. The molecule has 0 atom stereocenters. The topological polar surface area (TPSA) is 69.9 Å². The summed E-state index contributed by atoms with van der Waals surface area (Å²) in [5.74, 6) is 0.0545. The number of ketones is 1. The van der Waals surface area contributed by atoms with E-state index in [4.69, 9.17) is 0 Å². The Bertz CT molecular complexity index is 512. The number of phenols is 1. The van der Waals surface area contributed by atoms with Crippen molar-refractivity contribution in [3.8, 4) is 5.75 Å². The van der Waals surface area contributed by atoms with E-state index in [2.05, 4.69) is 4.99 Å². The van der Waals surface area contributed by atoms with Gasteiger partial charge in [-0.3, -0.25) is 9.79 Å². The van der Waals surface area contributed by atoms with Crippen LogP contribution in [0.4, 0.5) is 5.69 Å². The number of aliphatic hydroxyl groups is 1. The largest absolute Gasteiger partial charge is 0.508 e. The van der Waals surface area contributed by atoms with Gasteiger partial charge in [-0.25, -0.2) is 0 Å². The first-order chi connectivity index (χ1) is 8.35. The van der Waals surface area contributed by atoms with Crippen LogP contribution in [-0.4, -0.2) is 27.3 Å². The number of phenolic OH excluding ortho intramolecular Hbond substituents is 1. The maximum absolute atomic E-state index is 11.9. The minimum Gasteiger partial charge on any atom is -0.508 e. The lowest BCUT2D eigenvalue weighted by atomic mass is 9.94. The molecule has 1 aromatic rings. The van der Waals surface area contributed by atoms with E-state index < -0.39 is 5.60 Å². The second kappa shape index (κ2) is 4.53. The van der Waals surface area contributed by atoms with Crippen LogP contribution in [0.25, 0.3) is 0 Å². The number of aliphatic imine (C=N–C) groups is 1. The van der Waals surface area contributed by atoms with Crippen LogP contribution in [-0.2, 0) is 0 Å². The molecule has 0 amide bonds. The minimum atomic E-state index is -0.749. The van der Waals surface area contributed by atoms with Crippen LogP contribution in [0.3, 0.4) is 0 Å². The van der Waals surface area contributed by atoms with Gasteiger partial charge in [-0.1, -0.05) is 0 Å². The average Bonchev–Trinajstić information content (AvgIpc) is 2.26. The predicted molar refractivity (Wildman–Crippen MR) is 69.7 cm³/mol. The number of carbonyl (C=O) groups excluding carboxylic acids is 1. The first-order valence-corrected chi connectivity index (χ1v) is 6.00. The zero-order valence-electron chi connectivity index (χ0n) is 10.6. The van der Waals surface area contributed by atoms with Gasteiger partial charge in [0.1, 0.15) is 5.75 Å². The Balaban J connectivity index is 2.21. The molecule has 0 radical (unpaired) electrons. The van der Waals surface area contributed by atoms with Gasteiger partial charge in [0.15, 0.2) is 5.78 Å².